The van der Waals surface area contributed by atoms with E-state index in [-0.39, 0.29) is 18.3 Å². The molecular formula is C21H22N4O3S. The Morgan fingerprint density at radius 3 is 2.72 bits per heavy atom. The Balaban J connectivity index is 2.08. The summed E-state index contributed by atoms with van der Waals surface area (Å²) in [5, 5.41) is 4.36. The highest BCUT2D eigenvalue weighted by Gasteiger charge is 2.15. The van der Waals surface area contributed by atoms with Crippen molar-refractivity contribution < 1.29 is 14.3 Å². The number of thiazole rings is 1. The van der Waals surface area contributed by atoms with E-state index in [0.717, 1.165) is 15.9 Å². The monoisotopic (exact) mass is 410 g/mol. The van der Waals surface area contributed by atoms with Gasteiger partial charge in [0.05, 0.1) is 28.9 Å². The molecule has 0 saturated heterocycles. The van der Waals surface area contributed by atoms with E-state index in [2.05, 4.69) is 16.0 Å². The van der Waals surface area contributed by atoms with Crippen molar-refractivity contribution in [2.45, 2.75) is 40.3 Å². The maximum atomic E-state index is 12.7. The quantitative estimate of drug-likeness (QED) is 0.477. The Kier molecular flexibility index (Phi) is 5.99. The van der Waals surface area contributed by atoms with E-state index >= 15 is 0 Å². The van der Waals surface area contributed by atoms with Gasteiger partial charge in [-0.25, -0.2) is 4.79 Å². The molecule has 8 heteroatoms. The second-order valence-electron chi connectivity index (χ2n) is 6.70. The largest absolute Gasteiger partial charge is 0.462 e. The predicted molar refractivity (Wildman–Crippen MR) is 112 cm³/mol. The number of esters is 1. The number of carbonyl (C=O) groups is 2. The molecular weight excluding hydrogens is 388 g/mol. The summed E-state index contributed by atoms with van der Waals surface area (Å²) >= 11 is 1.29. The van der Waals surface area contributed by atoms with Gasteiger partial charge >= 0.3 is 5.97 Å². The van der Waals surface area contributed by atoms with Crippen molar-refractivity contribution in [1.29, 1.82) is 0 Å². The Labute approximate surface area is 172 Å². The number of benzene rings is 1. The van der Waals surface area contributed by atoms with E-state index in [1.54, 1.807) is 40.4 Å². The Bertz CT molecular complexity index is 1190. The van der Waals surface area contributed by atoms with Crippen LogP contribution in [0.3, 0.4) is 0 Å². The second-order valence-corrected chi connectivity index (χ2v) is 7.71. The van der Waals surface area contributed by atoms with Gasteiger partial charge in [0.15, 0.2) is 10.5 Å². The van der Waals surface area contributed by atoms with Crippen molar-refractivity contribution in [3.05, 3.63) is 46.0 Å². The minimum Gasteiger partial charge on any atom is -0.462 e. The van der Waals surface area contributed by atoms with Crippen LogP contribution in [0.2, 0.25) is 0 Å². The summed E-state index contributed by atoms with van der Waals surface area (Å²) in [4.78, 5) is 29.5. The number of terminal acetylenes is 1. The molecule has 0 saturated carbocycles. The Morgan fingerprint density at radius 2 is 2.10 bits per heavy atom. The van der Waals surface area contributed by atoms with Crippen LogP contribution in [0, 0.1) is 19.3 Å². The highest BCUT2D eigenvalue weighted by molar-refractivity contribution is 7.16. The minimum atomic E-state index is -0.435. The first-order chi connectivity index (χ1) is 13.8. The van der Waals surface area contributed by atoms with Crippen LogP contribution in [-0.4, -0.2) is 32.8 Å². The van der Waals surface area contributed by atoms with Gasteiger partial charge < -0.3 is 9.30 Å². The predicted octanol–water partition coefficient (Wildman–Crippen LogP) is 3.34. The van der Waals surface area contributed by atoms with E-state index in [1.807, 2.05) is 20.8 Å². The highest BCUT2D eigenvalue weighted by atomic mass is 32.1. The summed E-state index contributed by atoms with van der Waals surface area (Å²) in [6, 6.07) is 7.07. The van der Waals surface area contributed by atoms with Crippen LogP contribution in [0.15, 0.2) is 29.3 Å². The molecule has 0 bridgehead atoms. The Hall–Kier alpha value is -3.18. The smallest absolute Gasteiger partial charge is 0.338 e. The zero-order valence-corrected chi connectivity index (χ0v) is 17.6. The van der Waals surface area contributed by atoms with E-state index in [0.29, 0.717) is 17.0 Å². The van der Waals surface area contributed by atoms with Crippen LogP contribution >= 0.6 is 11.3 Å². The number of hydrogen-bond acceptors (Lipinski definition) is 5. The average molecular weight is 410 g/mol. The van der Waals surface area contributed by atoms with Crippen LogP contribution in [0.25, 0.3) is 10.2 Å². The van der Waals surface area contributed by atoms with Crippen molar-refractivity contribution in [1.82, 2.24) is 14.3 Å². The number of amides is 1. The number of rotatable bonds is 5. The molecule has 0 fully saturated rings. The van der Waals surface area contributed by atoms with E-state index in [1.165, 1.54) is 11.3 Å². The SMILES string of the molecule is C#CCn1c(=NC(=O)c2cc(C)n(C(C)C)n2)sc2cc(C(=O)OCC)ccc21. The normalized spacial score (nSPS) is 11.8. The number of carbonyl (C=O) groups excluding carboxylic acids is 2. The molecule has 1 amide bonds. The first-order valence-corrected chi connectivity index (χ1v) is 10.1. The van der Waals surface area contributed by atoms with Crippen LogP contribution in [0.5, 0.6) is 0 Å². The van der Waals surface area contributed by atoms with E-state index in [9.17, 15) is 9.59 Å². The molecule has 0 radical (unpaired) electrons. The van der Waals surface area contributed by atoms with E-state index < -0.39 is 11.9 Å². The van der Waals surface area contributed by atoms with Gasteiger partial charge in [0.1, 0.15) is 0 Å². The molecule has 0 unspecified atom stereocenters. The lowest BCUT2D eigenvalue weighted by Gasteiger charge is -2.06. The van der Waals surface area contributed by atoms with Gasteiger partial charge in [0.25, 0.3) is 5.91 Å². The third-order valence-corrected chi connectivity index (χ3v) is 5.31. The minimum absolute atomic E-state index is 0.147. The second kappa shape index (κ2) is 8.45. The molecule has 2 aromatic heterocycles. The molecule has 0 aliphatic rings. The van der Waals surface area contributed by atoms with Crippen LogP contribution in [-0.2, 0) is 11.3 Å². The van der Waals surface area contributed by atoms with Gasteiger partial charge in [-0.2, -0.15) is 10.1 Å². The first-order valence-electron chi connectivity index (χ1n) is 9.24. The average Bonchev–Trinajstić information content (AvgIpc) is 3.23. The fourth-order valence-corrected chi connectivity index (χ4v) is 4.07. The van der Waals surface area contributed by atoms with Crippen molar-refractivity contribution >= 4 is 33.4 Å². The topological polar surface area (TPSA) is 78.5 Å². The standard InChI is InChI=1S/C21H22N4O3S/c1-6-10-24-17-9-8-15(20(27)28-7-2)12-18(17)29-21(24)22-19(26)16-11-14(5)25(23-16)13(3)4/h1,8-9,11-13H,7,10H2,2-5H3. The number of aryl methyl sites for hydroxylation is 1. The maximum Gasteiger partial charge on any atom is 0.338 e. The van der Waals surface area contributed by atoms with Gasteiger partial charge in [0.2, 0.25) is 0 Å². The molecule has 0 N–H and O–H groups in total. The van der Waals surface area contributed by atoms with Gasteiger partial charge in [-0.05, 0) is 52.0 Å². The maximum absolute atomic E-state index is 12.7. The molecule has 0 spiro atoms. The lowest BCUT2D eigenvalue weighted by Crippen LogP contribution is -2.17. The number of hydrogen-bond donors (Lipinski definition) is 0. The number of nitrogens with zero attached hydrogens (tertiary/aromatic N) is 4. The number of aromatic nitrogens is 3. The number of ether oxygens (including phenoxy) is 1. The van der Waals surface area contributed by atoms with Crippen molar-refractivity contribution in [3.63, 3.8) is 0 Å². The lowest BCUT2D eigenvalue weighted by molar-refractivity contribution is 0.0526. The molecule has 29 heavy (non-hydrogen) atoms. The molecule has 3 rings (SSSR count). The summed E-state index contributed by atoms with van der Waals surface area (Å²) in [5.74, 6) is 1.76. The van der Waals surface area contributed by atoms with E-state index in [4.69, 9.17) is 11.2 Å². The van der Waals surface area contributed by atoms with Crippen molar-refractivity contribution in [3.8, 4) is 12.3 Å². The van der Waals surface area contributed by atoms with Crippen molar-refractivity contribution in [2.24, 2.45) is 4.99 Å². The highest BCUT2D eigenvalue weighted by Crippen LogP contribution is 2.20. The first kappa shape index (κ1) is 20.6. The van der Waals surface area contributed by atoms with Gasteiger partial charge in [-0.15, -0.1) is 6.42 Å². The molecule has 0 aliphatic carbocycles. The summed E-state index contributed by atoms with van der Waals surface area (Å²) in [7, 11) is 0. The van der Waals surface area contributed by atoms with Gasteiger partial charge in [0, 0.05) is 11.7 Å². The molecule has 7 nitrogen and oxygen atoms in total. The van der Waals surface area contributed by atoms with Crippen molar-refractivity contribution in [2.75, 3.05) is 6.61 Å². The molecule has 2 heterocycles. The summed E-state index contributed by atoms with van der Waals surface area (Å²) < 4.78 is 9.41. The fraction of sp³-hybridized carbons (Fsp3) is 0.333. The Morgan fingerprint density at radius 1 is 1.34 bits per heavy atom. The van der Waals surface area contributed by atoms with Gasteiger partial charge in [-0.3, -0.25) is 9.48 Å². The summed E-state index contributed by atoms with van der Waals surface area (Å²) in [5.41, 5.74) is 2.42. The molecule has 0 aliphatic heterocycles. The van der Waals surface area contributed by atoms with Crippen LogP contribution < -0.4 is 4.80 Å². The molecule has 150 valence electrons. The zero-order valence-electron chi connectivity index (χ0n) is 16.8. The summed E-state index contributed by atoms with van der Waals surface area (Å²) in [6.45, 7) is 8.21. The third kappa shape index (κ3) is 4.15. The van der Waals surface area contributed by atoms with Gasteiger partial charge in [-0.1, -0.05) is 17.3 Å². The lowest BCUT2D eigenvalue weighted by atomic mass is 10.2. The summed E-state index contributed by atoms with van der Waals surface area (Å²) in [6.07, 6.45) is 5.51. The number of fused-ring (bicyclic) bond motifs is 1. The zero-order chi connectivity index (χ0) is 21.1. The third-order valence-electron chi connectivity index (χ3n) is 4.27. The van der Waals surface area contributed by atoms with Crippen LogP contribution in [0.1, 0.15) is 53.4 Å². The van der Waals surface area contributed by atoms with Crippen LogP contribution in [0.4, 0.5) is 0 Å². The fourth-order valence-electron chi connectivity index (χ4n) is 3.00. The molecule has 1 aromatic carbocycles. The molecule has 0 atom stereocenters. The molecule has 3 aromatic rings.